The van der Waals surface area contributed by atoms with Gasteiger partial charge in [0, 0.05) is 38.8 Å². The quantitative estimate of drug-likeness (QED) is 0.763. The fourth-order valence-electron chi connectivity index (χ4n) is 1.46. The van der Waals surface area contributed by atoms with Crippen LogP contribution in [0.4, 0.5) is 0 Å². The van der Waals surface area contributed by atoms with E-state index in [9.17, 15) is 9.59 Å². The Hall–Kier alpha value is -1.58. The van der Waals surface area contributed by atoms with Crippen LogP contribution in [-0.4, -0.2) is 29.5 Å². The fraction of sp³-hybridized carbons (Fsp3) is 0.500. The Balaban J connectivity index is 2.53. The van der Waals surface area contributed by atoms with E-state index in [1.54, 1.807) is 42.7 Å². The number of carbonyl (C=O) groups is 1. The molecule has 0 bridgehead atoms. The van der Waals surface area contributed by atoms with Crippen molar-refractivity contribution in [2.45, 2.75) is 26.3 Å². The van der Waals surface area contributed by atoms with Gasteiger partial charge in [-0.25, -0.2) is 0 Å². The molecule has 0 atom stereocenters. The maximum absolute atomic E-state index is 11.6. The first-order chi connectivity index (χ1) is 7.52. The van der Waals surface area contributed by atoms with Gasteiger partial charge in [-0.05, 0) is 19.4 Å². The fourth-order valence-corrected chi connectivity index (χ4v) is 1.46. The van der Waals surface area contributed by atoms with Gasteiger partial charge in [-0.3, -0.25) is 9.59 Å². The van der Waals surface area contributed by atoms with Crippen molar-refractivity contribution in [3.8, 4) is 0 Å². The monoisotopic (exact) mass is 222 g/mol. The first-order valence-corrected chi connectivity index (χ1v) is 5.38. The smallest absolute Gasteiger partial charge is 0.253 e. The Morgan fingerprint density at radius 1 is 1.44 bits per heavy atom. The van der Waals surface area contributed by atoms with Gasteiger partial charge < -0.3 is 9.47 Å². The normalized spacial score (nSPS) is 10.2. The zero-order valence-corrected chi connectivity index (χ0v) is 10.1. The Morgan fingerprint density at radius 3 is 2.75 bits per heavy atom. The van der Waals surface area contributed by atoms with Crippen LogP contribution >= 0.6 is 0 Å². The molecule has 4 nitrogen and oxygen atoms in total. The minimum Gasteiger partial charge on any atom is -0.349 e. The topological polar surface area (TPSA) is 42.3 Å². The summed E-state index contributed by atoms with van der Waals surface area (Å²) in [5, 5.41) is 0. The molecule has 0 radical (unpaired) electrons. The summed E-state index contributed by atoms with van der Waals surface area (Å²) < 4.78 is 1.65. The lowest BCUT2D eigenvalue weighted by atomic mass is 10.2. The molecule has 0 aromatic carbocycles. The lowest BCUT2D eigenvalue weighted by Gasteiger charge is -2.10. The lowest BCUT2D eigenvalue weighted by molar-refractivity contribution is -0.128. The molecule has 0 spiro atoms. The van der Waals surface area contributed by atoms with Gasteiger partial charge in [0.1, 0.15) is 0 Å². The molecule has 16 heavy (non-hydrogen) atoms. The third kappa shape index (κ3) is 3.22. The summed E-state index contributed by atoms with van der Waals surface area (Å²) in [4.78, 5) is 24.5. The van der Waals surface area contributed by atoms with Gasteiger partial charge in [0.15, 0.2) is 0 Å². The molecular weight excluding hydrogens is 204 g/mol. The van der Waals surface area contributed by atoms with Crippen molar-refractivity contribution in [2.75, 3.05) is 14.1 Å². The SMILES string of the molecule is Cc1cccn(CCCC(=O)N(C)C)c1=O. The van der Waals surface area contributed by atoms with Gasteiger partial charge in [0.05, 0.1) is 0 Å². The second-order valence-electron chi connectivity index (χ2n) is 4.08. The molecular formula is C12H18N2O2. The number of aromatic nitrogens is 1. The molecule has 0 saturated carbocycles. The first-order valence-electron chi connectivity index (χ1n) is 5.38. The number of hydrogen-bond donors (Lipinski definition) is 0. The summed E-state index contributed by atoms with van der Waals surface area (Å²) in [6, 6.07) is 3.65. The molecule has 1 rings (SSSR count). The Kier molecular flexibility index (Phi) is 4.28. The second kappa shape index (κ2) is 5.49. The largest absolute Gasteiger partial charge is 0.349 e. The average molecular weight is 222 g/mol. The molecule has 1 heterocycles. The van der Waals surface area contributed by atoms with Crippen molar-refractivity contribution in [1.29, 1.82) is 0 Å². The number of hydrogen-bond acceptors (Lipinski definition) is 2. The molecule has 0 aliphatic carbocycles. The number of pyridine rings is 1. The van der Waals surface area contributed by atoms with E-state index in [-0.39, 0.29) is 11.5 Å². The zero-order valence-electron chi connectivity index (χ0n) is 10.1. The molecule has 0 unspecified atom stereocenters. The van der Waals surface area contributed by atoms with Gasteiger partial charge in [-0.15, -0.1) is 0 Å². The van der Waals surface area contributed by atoms with Crippen molar-refractivity contribution in [2.24, 2.45) is 0 Å². The molecule has 4 heteroatoms. The Bertz CT molecular complexity index is 421. The van der Waals surface area contributed by atoms with E-state index in [4.69, 9.17) is 0 Å². The van der Waals surface area contributed by atoms with Crippen LogP contribution in [-0.2, 0) is 11.3 Å². The molecule has 88 valence electrons. The maximum Gasteiger partial charge on any atom is 0.253 e. The summed E-state index contributed by atoms with van der Waals surface area (Å²) in [5.74, 6) is 0.0979. The average Bonchev–Trinajstić information content (AvgIpc) is 2.24. The molecule has 0 saturated heterocycles. The summed E-state index contributed by atoms with van der Waals surface area (Å²) >= 11 is 0. The van der Waals surface area contributed by atoms with E-state index < -0.39 is 0 Å². The van der Waals surface area contributed by atoms with E-state index in [2.05, 4.69) is 0 Å². The maximum atomic E-state index is 11.6. The van der Waals surface area contributed by atoms with E-state index in [0.717, 1.165) is 5.56 Å². The molecule has 0 aliphatic rings. The number of nitrogens with zero attached hydrogens (tertiary/aromatic N) is 2. The Labute approximate surface area is 95.5 Å². The van der Waals surface area contributed by atoms with Crippen LogP contribution < -0.4 is 5.56 Å². The minimum atomic E-state index is 0.0276. The van der Waals surface area contributed by atoms with Gasteiger partial charge in [0.25, 0.3) is 5.56 Å². The van der Waals surface area contributed by atoms with Gasteiger partial charge in [-0.2, -0.15) is 0 Å². The van der Waals surface area contributed by atoms with E-state index in [1.165, 1.54) is 0 Å². The Morgan fingerprint density at radius 2 is 2.12 bits per heavy atom. The van der Waals surface area contributed by atoms with Gasteiger partial charge in [0.2, 0.25) is 5.91 Å². The standard InChI is InChI=1S/C12H18N2O2/c1-10-6-4-8-14(12(10)16)9-5-7-11(15)13(2)3/h4,6,8H,5,7,9H2,1-3H3. The lowest BCUT2D eigenvalue weighted by Crippen LogP contribution is -2.24. The van der Waals surface area contributed by atoms with Crippen LogP contribution in [0, 0.1) is 6.92 Å². The van der Waals surface area contributed by atoms with Crippen LogP contribution in [0.1, 0.15) is 18.4 Å². The third-order valence-corrected chi connectivity index (χ3v) is 2.50. The van der Waals surface area contributed by atoms with Crippen LogP contribution in [0.15, 0.2) is 23.1 Å². The number of amides is 1. The summed E-state index contributed by atoms with van der Waals surface area (Å²) in [6.07, 6.45) is 2.93. The van der Waals surface area contributed by atoms with E-state index in [1.807, 2.05) is 6.07 Å². The molecule has 1 aromatic heterocycles. The highest BCUT2D eigenvalue weighted by atomic mass is 16.2. The molecule has 0 N–H and O–H groups in total. The molecule has 1 amide bonds. The summed E-state index contributed by atoms with van der Waals surface area (Å²) in [5.41, 5.74) is 0.765. The van der Waals surface area contributed by atoms with Crippen molar-refractivity contribution in [3.05, 3.63) is 34.2 Å². The number of aryl methyl sites for hydroxylation is 2. The van der Waals surface area contributed by atoms with Crippen molar-refractivity contribution >= 4 is 5.91 Å². The zero-order chi connectivity index (χ0) is 12.1. The highest BCUT2D eigenvalue weighted by Gasteiger charge is 2.04. The van der Waals surface area contributed by atoms with Crippen molar-refractivity contribution < 1.29 is 4.79 Å². The molecule has 0 fully saturated rings. The molecule has 1 aromatic rings. The number of rotatable bonds is 4. The first kappa shape index (κ1) is 12.5. The predicted molar refractivity (Wildman–Crippen MR) is 63.4 cm³/mol. The van der Waals surface area contributed by atoms with Crippen molar-refractivity contribution in [1.82, 2.24) is 9.47 Å². The third-order valence-electron chi connectivity index (χ3n) is 2.50. The highest BCUT2D eigenvalue weighted by molar-refractivity contribution is 5.75. The van der Waals surface area contributed by atoms with E-state index in [0.29, 0.717) is 19.4 Å². The summed E-state index contributed by atoms with van der Waals surface area (Å²) in [7, 11) is 3.47. The van der Waals surface area contributed by atoms with Crippen LogP contribution in [0.2, 0.25) is 0 Å². The van der Waals surface area contributed by atoms with Crippen LogP contribution in [0.25, 0.3) is 0 Å². The summed E-state index contributed by atoms with van der Waals surface area (Å²) in [6.45, 7) is 2.39. The van der Waals surface area contributed by atoms with Crippen molar-refractivity contribution in [3.63, 3.8) is 0 Å². The predicted octanol–water partition coefficient (Wildman–Crippen LogP) is 1.03. The van der Waals surface area contributed by atoms with E-state index >= 15 is 0 Å². The minimum absolute atomic E-state index is 0.0276. The molecule has 0 aliphatic heterocycles. The second-order valence-corrected chi connectivity index (χ2v) is 4.08. The van der Waals surface area contributed by atoms with Gasteiger partial charge >= 0.3 is 0 Å². The number of carbonyl (C=O) groups excluding carboxylic acids is 1. The highest BCUT2D eigenvalue weighted by Crippen LogP contribution is 1.97. The van der Waals surface area contributed by atoms with Crippen LogP contribution in [0.5, 0.6) is 0 Å². The van der Waals surface area contributed by atoms with Gasteiger partial charge in [-0.1, -0.05) is 6.07 Å². The van der Waals surface area contributed by atoms with Crippen LogP contribution in [0.3, 0.4) is 0 Å².